The van der Waals surface area contributed by atoms with Crippen LogP contribution >= 0.6 is 11.3 Å². The molecule has 7 heteroatoms. The van der Waals surface area contributed by atoms with E-state index in [1.54, 1.807) is 18.4 Å². The van der Waals surface area contributed by atoms with Crippen LogP contribution in [0.5, 0.6) is 5.75 Å². The van der Waals surface area contributed by atoms with Crippen LogP contribution in [-0.2, 0) is 0 Å². The first kappa shape index (κ1) is 21.1. The summed E-state index contributed by atoms with van der Waals surface area (Å²) in [5.74, 6) is 1.30. The molecule has 0 saturated heterocycles. The summed E-state index contributed by atoms with van der Waals surface area (Å²) in [5.41, 5.74) is 0.791. The van der Waals surface area contributed by atoms with Gasteiger partial charge in [0.05, 0.1) is 19.8 Å². The van der Waals surface area contributed by atoms with E-state index >= 15 is 0 Å². The van der Waals surface area contributed by atoms with E-state index < -0.39 is 12.2 Å². The summed E-state index contributed by atoms with van der Waals surface area (Å²) in [7, 11) is 1.61. The Balaban J connectivity index is 1.59. The van der Waals surface area contributed by atoms with E-state index in [2.05, 4.69) is 15.6 Å². The molecule has 1 heterocycles. The van der Waals surface area contributed by atoms with Gasteiger partial charge in [-0.3, -0.25) is 4.99 Å². The quantitative estimate of drug-likeness (QED) is 0.337. The van der Waals surface area contributed by atoms with E-state index in [9.17, 15) is 10.2 Å². The molecule has 0 aliphatic heterocycles. The van der Waals surface area contributed by atoms with Gasteiger partial charge in [-0.15, -0.1) is 11.3 Å². The largest absolute Gasteiger partial charge is 0.497 e. The molecular formula is C22H27N3O3S. The summed E-state index contributed by atoms with van der Waals surface area (Å²) >= 11 is 1.58. The third-order valence-electron chi connectivity index (χ3n) is 4.50. The number of ether oxygens (including phenoxy) is 1. The average molecular weight is 414 g/mol. The Hall–Kier alpha value is -2.61. The molecule has 0 saturated carbocycles. The minimum Gasteiger partial charge on any atom is -0.497 e. The van der Waals surface area contributed by atoms with Gasteiger partial charge in [0.25, 0.3) is 0 Å². The van der Waals surface area contributed by atoms with Crippen molar-refractivity contribution in [3.05, 3.63) is 65.0 Å². The van der Waals surface area contributed by atoms with E-state index in [1.807, 2.05) is 61.5 Å². The van der Waals surface area contributed by atoms with Gasteiger partial charge in [0.2, 0.25) is 0 Å². The molecule has 3 rings (SSSR count). The number of aliphatic hydroxyl groups excluding tert-OH is 2. The van der Waals surface area contributed by atoms with Crippen LogP contribution < -0.4 is 15.4 Å². The Bertz CT molecular complexity index is 907. The zero-order valence-corrected chi connectivity index (χ0v) is 17.4. The second-order valence-electron chi connectivity index (χ2n) is 6.59. The summed E-state index contributed by atoms with van der Waals surface area (Å²) in [6.45, 7) is 3.20. The summed E-state index contributed by atoms with van der Waals surface area (Å²) < 4.78 is 6.29. The molecule has 3 aromatic rings. The van der Waals surface area contributed by atoms with Gasteiger partial charge in [0.15, 0.2) is 5.96 Å². The lowest BCUT2D eigenvalue weighted by Crippen LogP contribution is -2.39. The lowest BCUT2D eigenvalue weighted by Gasteiger charge is -2.16. The molecule has 0 amide bonds. The van der Waals surface area contributed by atoms with Gasteiger partial charge in [-0.25, -0.2) is 0 Å². The average Bonchev–Trinajstić information content (AvgIpc) is 3.19. The van der Waals surface area contributed by atoms with Crippen LogP contribution in [0.3, 0.4) is 0 Å². The Labute approximate surface area is 174 Å². The molecule has 1 aromatic heterocycles. The Kier molecular flexibility index (Phi) is 7.46. The zero-order chi connectivity index (χ0) is 20.6. The Morgan fingerprint density at radius 3 is 2.52 bits per heavy atom. The maximum absolute atomic E-state index is 10.5. The Morgan fingerprint density at radius 1 is 1.07 bits per heavy atom. The summed E-state index contributed by atoms with van der Waals surface area (Å²) in [5, 5.41) is 28.3. The zero-order valence-electron chi connectivity index (χ0n) is 16.6. The van der Waals surface area contributed by atoms with E-state index in [-0.39, 0.29) is 6.54 Å². The number of nitrogens with zero attached hydrogens (tertiary/aromatic N) is 1. The van der Waals surface area contributed by atoms with Crippen molar-refractivity contribution in [2.45, 2.75) is 19.1 Å². The number of rotatable bonds is 8. The molecule has 0 bridgehead atoms. The highest BCUT2D eigenvalue weighted by Gasteiger charge is 2.12. The van der Waals surface area contributed by atoms with Crippen LogP contribution in [0, 0.1) is 0 Å². The number of thiophene rings is 1. The molecule has 0 aliphatic rings. The fourth-order valence-corrected chi connectivity index (χ4v) is 3.96. The van der Waals surface area contributed by atoms with Gasteiger partial charge >= 0.3 is 0 Å². The topological polar surface area (TPSA) is 86.1 Å². The number of guanidine groups is 1. The second-order valence-corrected chi connectivity index (χ2v) is 7.71. The molecule has 0 fully saturated rings. The molecule has 2 unspecified atom stereocenters. The molecule has 0 aliphatic carbocycles. The SMILES string of the molecule is CCNC(=NCC(O)c1cc2ccccc2s1)NCC(O)c1ccc(OC)cc1. The van der Waals surface area contributed by atoms with Crippen molar-refractivity contribution in [1.29, 1.82) is 0 Å². The minimum atomic E-state index is -0.683. The third kappa shape index (κ3) is 5.69. The molecule has 154 valence electrons. The Morgan fingerprint density at radius 2 is 1.83 bits per heavy atom. The summed E-state index contributed by atoms with van der Waals surface area (Å²) in [4.78, 5) is 5.37. The molecule has 0 radical (unpaired) electrons. The number of benzene rings is 2. The number of fused-ring (bicyclic) bond motifs is 1. The van der Waals surface area contributed by atoms with Crippen LogP contribution in [0.2, 0.25) is 0 Å². The van der Waals surface area contributed by atoms with Crippen LogP contribution in [0.4, 0.5) is 0 Å². The fourth-order valence-electron chi connectivity index (χ4n) is 2.91. The standard InChI is InChI=1S/C22H27N3O3S/c1-3-23-22(24-13-18(26)15-8-10-17(28-2)11-9-15)25-14-19(27)21-12-16-6-4-5-7-20(16)29-21/h4-12,18-19,26-27H,3,13-14H2,1-2H3,(H2,23,24,25). The third-order valence-corrected chi connectivity index (χ3v) is 5.72. The molecule has 6 nitrogen and oxygen atoms in total. The fraction of sp³-hybridized carbons (Fsp3) is 0.318. The summed E-state index contributed by atoms with van der Waals surface area (Å²) in [6, 6.07) is 17.4. The van der Waals surface area contributed by atoms with E-state index in [0.717, 1.165) is 26.3 Å². The second kappa shape index (κ2) is 10.2. The van der Waals surface area contributed by atoms with Crippen molar-refractivity contribution in [2.75, 3.05) is 26.7 Å². The van der Waals surface area contributed by atoms with Crippen molar-refractivity contribution >= 4 is 27.4 Å². The van der Waals surface area contributed by atoms with Crippen molar-refractivity contribution < 1.29 is 14.9 Å². The smallest absolute Gasteiger partial charge is 0.191 e. The van der Waals surface area contributed by atoms with Crippen LogP contribution in [0.15, 0.2) is 59.6 Å². The number of methoxy groups -OCH3 is 1. The lowest BCUT2D eigenvalue weighted by molar-refractivity contribution is 0.180. The normalized spacial score (nSPS) is 13.9. The van der Waals surface area contributed by atoms with Gasteiger partial charge < -0.3 is 25.6 Å². The van der Waals surface area contributed by atoms with Gasteiger partial charge in [-0.05, 0) is 42.1 Å². The van der Waals surface area contributed by atoms with Crippen LogP contribution in [-0.4, -0.2) is 42.9 Å². The number of aliphatic imine (C=N–C) groups is 1. The number of aliphatic hydroxyl groups is 2. The van der Waals surface area contributed by atoms with Gasteiger partial charge in [-0.2, -0.15) is 0 Å². The van der Waals surface area contributed by atoms with Crippen molar-refractivity contribution in [3.63, 3.8) is 0 Å². The van der Waals surface area contributed by atoms with Crippen LogP contribution in [0.1, 0.15) is 29.6 Å². The predicted molar refractivity (Wildman–Crippen MR) is 119 cm³/mol. The minimum absolute atomic E-state index is 0.237. The van der Waals surface area contributed by atoms with Crippen LogP contribution in [0.25, 0.3) is 10.1 Å². The first-order chi connectivity index (χ1) is 14.1. The van der Waals surface area contributed by atoms with Gasteiger partial charge in [-0.1, -0.05) is 30.3 Å². The number of nitrogens with one attached hydrogen (secondary N) is 2. The highest BCUT2D eigenvalue weighted by Crippen LogP contribution is 2.29. The highest BCUT2D eigenvalue weighted by atomic mass is 32.1. The molecule has 4 N–H and O–H groups in total. The lowest BCUT2D eigenvalue weighted by atomic mass is 10.1. The molecule has 2 atom stereocenters. The predicted octanol–water partition coefficient (Wildman–Crippen LogP) is 3.23. The van der Waals surface area contributed by atoms with Gasteiger partial charge in [0.1, 0.15) is 11.9 Å². The van der Waals surface area contributed by atoms with Gasteiger partial charge in [0, 0.05) is 22.7 Å². The van der Waals surface area contributed by atoms with E-state index in [0.29, 0.717) is 19.0 Å². The van der Waals surface area contributed by atoms with Crippen molar-refractivity contribution in [1.82, 2.24) is 10.6 Å². The first-order valence-corrected chi connectivity index (χ1v) is 10.4. The van der Waals surface area contributed by atoms with Crippen molar-refractivity contribution in [3.8, 4) is 5.75 Å². The summed E-state index contributed by atoms with van der Waals surface area (Å²) in [6.07, 6.45) is -1.35. The molecular weight excluding hydrogens is 386 g/mol. The van der Waals surface area contributed by atoms with E-state index in [1.165, 1.54) is 0 Å². The van der Waals surface area contributed by atoms with Crippen molar-refractivity contribution in [2.24, 2.45) is 4.99 Å². The number of hydrogen-bond acceptors (Lipinski definition) is 5. The highest BCUT2D eigenvalue weighted by molar-refractivity contribution is 7.19. The maximum Gasteiger partial charge on any atom is 0.191 e. The first-order valence-electron chi connectivity index (χ1n) is 9.61. The molecule has 2 aromatic carbocycles. The monoisotopic (exact) mass is 413 g/mol. The number of hydrogen-bond donors (Lipinski definition) is 4. The molecule has 29 heavy (non-hydrogen) atoms. The maximum atomic E-state index is 10.5. The molecule has 0 spiro atoms. The van der Waals surface area contributed by atoms with E-state index in [4.69, 9.17) is 4.74 Å².